The molecule has 0 amide bonds. The Hall–Kier alpha value is 0. The average molecular weight is 99.2 g/mol. The zero-order chi connectivity index (χ0) is 5.91. The largest absolute Gasteiger partial charge is 0.0651 e. The smallest absolute Gasteiger partial charge is 0.0335 e. The van der Waals surface area contributed by atoms with Crippen molar-refractivity contribution in [1.82, 2.24) is 0 Å². The van der Waals surface area contributed by atoms with Crippen LogP contribution in [0.5, 0.6) is 0 Å². The number of hydrogen-bond acceptors (Lipinski definition) is 0. The van der Waals surface area contributed by atoms with Gasteiger partial charge in [-0.25, -0.2) is 0 Å². The van der Waals surface area contributed by atoms with Gasteiger partial charge in [0.2, 0.25) is 0 Å². The van der Waals surface area contributed by atoms with Gasteiger partial charge in [0.1, 0.15) is 0 Å². The molecule has 0 aliphatic carbocycles. The summed E-state index contributed by atoms with van der Waals surface area (Å²) in [5, 5.41) is 0. The molecule has 0 spiro atoms. The van der Waals surface area contributed by atoms with Crippen LogP contribution in [0.25, 0.3) is 0 Å². The predicted molar refractivity (Wildman–Crippen MR) is 34.0 cm³/mol. The van der Waals surface area contributed by atoms with Gasteiger partial charge in [-0.2, -0.15) is 0 Å². The Morgan fingerprint density at radius 1 is 1.29 bits per heavy atom. The third-order valence-corrected chi connectivity index (χ3v) is 0.816. The maximum Gasteiger partial charge on any atom is -0.0335 e. The molecule has 0 aliphatic rings. The first-order chi connectivity index (χ1) is 3.06. The minimum atomic E-state index is 0.425. The van der Waals surface area contributed by atoms with Gasteiger partial charge in [0.15, 0.2) is 0 Å². The van der Waals surface area contributed by atoms with Crippen LogP contribution in [0.1, 0.15) is 34.1 Å². The van der Waals surface area contributed by atoms with Gasteiger partial charge < -0.3 is 0 Å². The molecule has 0 rings (SSSR count). The highest BCUT2D eigenvalue weighted by Crippen LogP contribution is 2.18. The average Bonchev–Trinajstić information content (AvgIpc) is 1.30. The van der Waals surface area contributed by atoms with Gasteiger partial charge >= 0.3 is 0 Å². The van der Waals surface area contributed by atoms with Crippen LogP contribution in [-0.2, 0) is 0 Å². The quantitative estimate of drug-likeness (QED) is 0.474. The molecule has 0 N–H and O–H groups in total. The van der Waals surface area contributed by atoms with E-state index >= 15 is 0 Å². The van der Waals surface area contributed by atoms with Gasteiger partial charge in [0.05, 0.1) is 0 Å². The molecule has 0 saturated carbocycles. The number of rotatable bonds is 1. The van der Waals surface area contributed by atoms with E-state index in [1.165, 1.54) is 6.42 Å². The summed E-state index contributed by atoms with van der Waals surface area (Å²) >= 11 is 0. The van der Waals surface area contributed by atoms with Gasteiger partial charge in [0.25, 0.3) is 0 Å². The Morgan fingerprint density at radius 2 is 1.71 bits per heavy atom. The Bertz CT molecular complexity index is 38.5. The normalized spacial score (nSPS) is 12.0. The molecule has 0 heterocycles. The molecular formula is C7H15. The summed E-state index contributed by atoms with van der Waals surface area (Å²) in [7, 11) is 0. The Labute approximate surface area is 46.9 Å². The van der Waals surface area contributed by atoms with Gasteiger partial charge in [-0.05, 0) is 11.8 Å². The highest BCUT2D eigenvalue weighted by Gasteiger charge is 2.06. The fourth-order valence-electron chi connectivity index (χ4n) is 0.612. The minimum absolute atomic E-state index is 0.425. The lowest BCUT2D eigenvalue weighted by atomic mass is 9.91. The Balaban J connectivity index is 3.15. The molecule has 1 radical (unpaired) electrons. The van der Waals surface area contributed by atoms with Crippen molar-refractivity contribution in [1.29, 1.82) is 0 Å². The van der Waals surface area contributed by atoms with E-state index in [2.05, 4.69) is 34.1 Å². The molecule has 0 unspecified atom stereocenters. The molecule has 0 aliphatic heterocycles. The first-order valence-electron chi connectivity index (χ1n) is 2.90. The molecular weight excluding hydrogens is 84.1 g/mol. The summed E-state index contributed by atoms with van der Waals surface area (Å²) in [5.74, 6) is 0. The first-order valence-corrected chi connectivity index (χ1v) is 2.90. The van der Waals surface area contributed by atoms with E-state index in [4.69, 9.17) is 0 Å². The second-order valence-corrected chi connectivity index (χ2v) is 2.98. The van der Waals surface area contributed by atoms with Crippen LogP contribution in [-0.4, -0.2) is 0 Å². The molecule has 0 nitrogen and oxygen atoms in total. The molecule has 7 heavy (non-hydrogen) atoms. The molecule has 43 valence electrons. The van der Waals surface area contributed by atoms with Crippen molar-refractivity contribution in [2.45, 2.75) is 34.1 Å². The molecule has 0 heteroatoms. The third-order valence-electron chi connectivity index (χ3n) is 0.816. The molecule has 0 aromatic heterocycles. The van der Waals surface area contributed by atoms with Crippen molar-refractivity contribution in [3.8, 4) is 0 Å². The van der Waals surface area contributed by atoms with E-state index in [0.717, 1.165) is 0 Å². The van der Waals surface area contributed by atoms with Crippen LogP contribution >= 0.6 is 0 Å². The molecule has 0 aromatic carbocycles. The zero-order valence-corrected chi connectivity index (χ0v) is 5.78. The fraction of sp³-hybridized carbons (Fsp3) is 0.857. The van der Waals surface area contributed by atoms with Crippen molar-refractivity contribution in [2.75, 3.05) is 0 Å². The predicted octanol–water partition coefficient (Wildman–Crippen LogP) is 2.65. The maximum absolute atomic E-state index is 2.31. The number of hydrogen-bond donors (Lipinski definition) is 0. The molecule has 0 saturated heterocycles. The Morgan fingerprint density at radius 3 is 1.71 bits per heavy atom. The van der Waals surface area contributed by atoms with E-state index in [9.17, 15) is 0 Å². The molecule has 0 aromatic rings. The van der Waals surface area contributed by atoms with E-state index in [1.807, 2.05) is 0 Å². The lowest BCUT2D eigenvalue weighted by Gasteiger charge is -2.14. The summed E-state index contributed by atoms with van der Waals surface area (Å²) in [6.45, 7) is 8.83. The molecule has 0 atom stereocenters. The first kappa shape index (κ1) is 7.00. The van der Waals surface area contributed by atoms with Crippen molar-refractivity contribution in [3.63, 3.8) is 0 Å². The third kappa shape index (κ3) is 6.00. The SMILES string of the molecule is CC[CH]C(C)(C)C. The van der Waals surface area contributed by atoms with E-state index in [1.54, 1.807) is 0 Å². The van der Waals surface area contributed by atoms with Gasteiger partial charge in [-0.3, -0.25) is 0 Å². The second kappa shape index (κ2) is 2.34. The van der Waals surface area contributed by atoms with Gasteiger partial charge in [-0.1, -0.05) is 34.1 Å². The fourth-order valence-corrected chi connectivity index (χ4v) is 0.612. The maximum atomic E-state index is 2.31. The summed E-state index contributed by atoms with van der Waals surface area (Å²) in [4.78, 5) is 0. The Kier molecular flexibility index (Phi) is 2.34. The van der Waals surface area contributed by atoms with Crippen LogP contribution in [0.4, 0.5) is 0 Å². The summed E-state index contributed by atoms with van der Waals surface area (Å²) in [5.41, 5.74) is 0.425. The summed E-state index contributed by atoms with van der Waals surface area (Å²) in [6.07, 6.45) is 3.50. The van der Waals surface area contributed by atoms with Crippen LogP contribution in [0, 0.1) is 11.8 Å². The van der Waals surface area contributed by atoms with E-state index < -0.39 is 0 Å². The lowest BCUT2D eigenvalue weighted by molar-refractivity contribution is 0.479. The zero-order valence-electron chi connectivity index (χ0n) is 5.78. The molecule has 0 fully saturated rings. The molecule has 0 bridgehead atoms. The topological polar surface area (TPSA) is 0 Å². The van der Waals surface area contributed by atoms with Crippen molar-refractivity contribution in [3.05, 3.63) is 6.42 Å². The van der Waals surface area contributed by atoms with Crippen molar-refractivity contribution in [2.24, 2.45) is 5.41 Å². The van der Waals surface area contributed by atoms with Crippen LogP contribution in [0.3, 0.4) is 0 Å². The standard InChI is InChI=1S/C7H15/c1-5-6-7(2,3)4/h6H,5H2,1-4H3. The van der Waals surface area contributed by atoms with E-state index in [0.29, 0.717) is 5.41 Å². The van der Waals surface area contributed by atoms with Crippen molar-refractivity contribution >= 4 is 0 Å². The second-order valence-electron chi connectivity index (χ2n) is 2.98. The van der Waals surface area contributed by atoms with Crippen LogP contribution in [0.15, 0.2) is 0 Å². The van der Waals surface area contributed by atoms with Crippen LogP contribution in [0.2, 0.25) is 0 Å². The lowest BCUT2D eigenvalue weighted by Crippen LogP contribution is -2.03. The summed E-state index contributed by atoms with van der Waals surface area (Å²) < 4.78 is 0. The highest BCUT2D eigenvalue weighted by atomic mass is 14.1. The van der Waals surface area contributed by atoms with E-state index in [-0.39, 0.29) is 0 Å². The minimum Gasteiger partial charge on any atom is -0.0651 e. The van der Waals surface area contributed by atoms with Crippen molar-refractivity contribution < 1.29 is 0 Å². The monoisotopic (exact) mass is 99.1 g/mol. The summed E-state index contributed by atoms with van der Waals surface area (Å²) in [6, 6.07) is 0. The van der Waals surface area contributed by atoms with Crippen LogP contribution < -0.4 is 0 Å². The van der Waals surface area contributed by atoms with Gasteiger partial charge in [-0.15, -0.1) is 0 Å². The highest BCUT2D eigenvalue weighted by molar-refractivity contribution is 4.78. The van der Waals surface area contributed by atoms with Gasteiger partial charge in [0, 0.05) is 0 Å².